The zero-order valence-corrected chi connectivity index (χ0v) is 22.1. The number of rotatable bonds is 8. The van der Waals surface area contributed by atoms with Gasteiger partial charge in [-0.25, -0.2) is 9.37 Å². The first-order chi connectivity index (χ1) is 18.6. The maximum atomic E-state index is 14.4. The lowest BCUT2D eigenvalue weighted by molar-refractivity contribution is -0.265. The Morgan fingerprint density at radius 1 is 1.25 bits per heavy atom. The first kappa shape index (κ1) is 29.5. The van der Waals surface area contributed by atoms with Gasteiger partial charge in [0, 0.05) is 16.7 Å². The van der Waals surface area contributed by atoms with Crippen molar-refractivity contribution >= 4 is 17.5 Å². The molecule has 4 rings (SSSR count). The predicted molar refractivity (Wildman–Crippen MR) is 138 cm³/mol. The van der Waals surface area contributed by atoms with Crippen LogP contribution in [0.4, 0.5) is 17.6 Å². The largest absolute Gasteiger partial charge is 0.489 e. The maximum absolute atomic E-state index is 14.4. The zero-order valence-electron chi connectivity index (χ0n) is 21.4. The molecule has 5 N–H and O–H groups in total. The lowest BCUT2D eigenvalue weighted by atomic mass is 9.89. The molecule has 0 saturated heterocycles. The van der Waals surface area contributed by atoms with Crippen molar-refractivity contribution in [2.75, 3.05) is 19.8 Å². The van der Waals surface area contributed by atoms with Crippen molar-refractivity contribution < 1.29 is 42.0 Å². The highest BCUT2D eigenvalue weighted by Crippen LogP contribution is 2.46. The van der Waals surface area contributed by atoms with Gasteiger partial charge in [0.25, 0.3) is 5.91 Å². The highest BCUT2D eigenvalue weighted by Gasteiger charge is 2.57. The van der Waals surface area contributed by atoms with Gasteiger partial charge in [0.15, 0.2) is 5.75 Å². The number of pyridine rings is 1. The molecule has 0 unspecified atom stereocenters. The van der Waals surface area contributed by atoms with Gasteiger partial charge in [-0.3, -0.25) is 4.79 Å². The second-order valence-corrected chi connectivity index (χ2v) is 10.2. The number of aromatic nitrogens is 1. The molecule has 3 aromatic rings. The molecule has 2 heterocycles. The average molecular weight is 584 g/mol. The van der Waals surface area contributed by atoms with E-state index in [1.165, 1.54) is 37.3 Å². The fourth-order valence-electron chi connectivity index (χ4n) is 4.03. The Morgan fingerprint density at radius 2 is 1.93 bits per heavy atom. The molecule has 8 nitrogen and oxygen atoms in total. The molecule has 0 aliphatic carbocycles. The van der Waals surface area contributed by atoms with Crippen LogP contribution in [0.2, 0.25) is 5.02 Å². The molecular formula is C27H26ClF4N3O5. The normalized spacial score (nSPS) is 18.9. The molecule has 0 saturated carbocycles. The Morgan fingerprint density at radius 3 is 2.52 bits per heavy atom. The van der Waals surface area contributed by atoms with Crippen molar-refractivity contribution in [2.45, 2.75) is 37.3 Å². The summed E-state index contributed by atoms with van der Waals surface area (Å²) in [6, 6.07) is 9.60. The zero-order chi connectivity index (χ0) is 29.5. The van der Waals surface area contributed by atoms with Crippen molar-refractivity contribution in [3.05, 3.63) is 76.2 Å². The minimum absolute atomic E-state index is 0.00848. The minimum Gasteiger partial charge on any atom is -0.489 e. The van der Waals surface area contributed by atoms with Gasteiger partial charge in [-0.1, -0.05) is 11.6 Å². The van der Waals surface area contributed by atoms with Crippen LogP contribution in [-0.4, -0.2) is 53.1 Å². The van der Waals surface area contributed by atoms with E-state index in [1.54, 1.807) is 6.92 Å². The molecule has 2 aromatic carbocycles. The number of carbonyl (C=O) groups excluding carboxylic acids is 1. The lowest BCUT2D eigenvalue weighted by Crippen LogP contribution is -2.51. The molecule has 0 bridgehead atoms. The molecule has 0 fully saturated rings. The van der Waals surface area contributed by atoms with E-state index in [4.69, 9.17) is 26.8 Å². The Labute approximate surface area is 231 Å². The van der Waals surface area contributed by atoms with Crippen LogP contribution in [0.1, 0.15) is 35.5 Å². The topological polar surface area (TPSA) is 127 Å². The third-order valence-corrected chi connectivity index (χ3v) is 6.59. The van der Waals surface area contributed by atoms with Gasteiger partial charge in [0.1, 0.15) is 30.5 Å². The van der Waals surface area contributed by atoms with Crippen molar-refractivity contribution in [1.82, 2.24) is 10.3 Å². The number of aliphatic hydroxyl groups is 2. The summed E-state index contributed by atoms with van der Waals surface area (Å²) in [5.74, 6) is -1.26. The predicted octanol–water partition coefficient (Wildman–Crippen LogP) is 4.05. The molecule has 1 amide bonds. The number of nitrogens with zero attached hydrogens (tertiary/aromatic N) is 1. The molecule has 3 atom stereocenters. The fraction of sp³-hybridized carbons (Fsp3) is 0.333. The van der Waals surface area contributed by atoms with Gasteiger partial charge in [0.2, 0.25) is 5.60 Å². The standard InChI is InChI=1S/C27H26ClF4N3O5/c1-14(36)11-39-20-8-5-16(9-19(20)28)24(37)34-12-26(38,27(30,31)32)21-10-18-23(40-13-25(18,2)33)22(35-21)15-3-6-17(29)7-4-15/h3-10,14,36,38H,11-13,33H2,1-2H3,(H,34,37)/t14-,25-,26-/m1/s1. The van der Waals surface area contributed by atoms with Crippen molar-refractivity contribution in [1.29, 1.82) is 0 Å². The first-order valence-corrected chi connectivity index (χ1v) is 12.4. The number of nitrogens with two attached hydrogens (primary N) is 1. The SMILES string of the molecule is C[C@@H](O)COc1ccc(C(=O)NC[C@@](O)(c2cc3c(c(-c4ccc(F)cc4)n2)OC[C@@]3(C)N)C(F)(F)F)cc1Cl. The Bertz CT molecular complexity index is 1420. The highest BCUT2D eigenvalue weighted by molar-refractivity contribution is 6.32. The van der Waals surface area contributed by atoms with Crippen LogP contribution >= 0.6 is 11.6 Å². The second kappa shape index (κ2) is 10.8. The van der Waals surface area contributed by atoms with Crippen LogP contribution in [0, 0.1) is 5.82 Å². The van der Waals surface area contributed by atoms with E-state index >= 15 is 0 Å². The van der Waals surface area contributed by atoms with E-state index in [-0.39, 0.29) is 52.1 Å². The lowest BCUT2D eigenvalue weighted by Gasteiger charge is -2.31. The number of aliphatic hydroxyl groups excluding tert-OH is 1. The van der Waals surface area contributed by atoms with Crippen LogP contribution in [0.15, 0.2) is 48.5 Å². The highest BCUT2D eigenvalue weighted by atomic mass is 35.5. The second-order valence-electron chi connectivity index (χ2n) is 9.79. The Hall–Kier alpha value is -3.45. The summed E-state index contributed by atoms with van der Waals surface area (Å²) >= 11 is 6.11. The number of carbonyl (C=O) groups is 1. The van der Waals surface area contributed by atoms with E-state index in [2.05, 4.69) is 10.3 Å². The summed E-state index contributed by atoms with van der Waals surface area (Å²) in [5.41, 5.74) is 0.787. The Balaban J connectivity index is 1.69. The molecule has 13 heteroatoms. The van der Waals surface area contributed by atoms with Crippen LogP contribution in [0.25, 0.3) is 11.3 Å². The number of hydrogen-bond donors (Lipinski definition) is 4. The van der Waals surface area contributed by atoms with Crippen LogP contribution in [0.5, 0.6) is 11.5 Å². The number of ether oxygens (including phenoxy) is 2. The van der Waals surface area contributed by atoms with Crippen molar-refractivity contribution in [3.63, 3.8) is 0 Å². The number of fused-ring (bicyclic) bond motifs is 1. The number of benzene rings is 2. The number of alkyl halides is 3. The van der Waals surface area contributed by atoms with Gasteiger partial charge in [-0.05, 0) is 62.4 Å². The summed E-state index contributed by atoms with van der Waals surface area (Å²) in [6.07, 6.45) is -6.07. The first-order valence-electron chi connectivity index (χ1n) is 12.0. The summed E-state index contributed by atoms with van der Waals surface area (Å²) in [5, 5.41) is 22.5. The molecule has 1 aliphatic heterocycles. The van der Waals surface area contributed by atoms with E-state index in [1.807, 2.05) is 0 Å². The van der Waals surface area contributed by atoms with Gasteiger partial charge in [0.05, 0.1) is 28.9 Å². The van der Waals surface area contributed by atoms with Gasteiger partial charge < -0.3 is 30.7 Å². The van der Waals surface area contributed by atoms with Gasteiger partial charge >= 0.3 is 6.18 Å². The average Bonchev–Trinajstić information content (AvgIpc) is 3.19. The van der Waals surface area contributed by atoms with Crippen molar-refractivity contribution in [3.8, 4) is 22.8 Å². The maximum Gasteiger partial charge on any atom is 0.424 e. The minimum atomic E-state index is -5.29. The van der Waals surface area contributed by atoms with E-state index in [9.17, 15) is 32.6 Å². The van der Waals surface area contributed by atoms with E-state index in [0.29, 0.717) is 0 Å². The number of hydrogen-bond acceptors (Lipinski definition) is 7. The Kier molecular flexibility index (Phi) is 8.01. The van der Waals surface area contributed by atoms with E-state index < -0.39 is 47.4 Å². The third kappa shape index (κ3) is 5.85. The van der Waals surface area contributed by atoms with Crippen molar-refractivity contribution in [2.24, 2.45) is 5.73 Å². The molecule has 40 heavy (non-hydrogen) atoms. The van der Waals surface area contributed by atoms with Gasteiger partial charge in [-0.15, -0.1) is 0 Å². The van der Waals surface area contributed by atoms with Crippen LogP contribution < -0.4 is 20.5 Å². The quantitative estimate of drug-likeness (QED) is 0.295. The molecular weight excluding hydrogens is 558 g/mol. The number of amides is 1. The van der Waals surface area contributed by atoms with E-state index in [0.717, 1.165) is 18.2 Å². The van der Waals surface area contributed by atoms with Crippen LogP contribution in [-0.2, 0) is 11.1 Å². The molecule has 1 aromatic heterocycles. The monoisotopic (exact) mass is 583 g/mol. The molecule has 214 valence electrons. The number of nitrogens with one attached hydrogen (secondary N) is 1. The summed E-state index contributed by atoms with van der Waals surface area (Å²) < 4.78 is 67.8. The number of halogens is 5. The summed E-state index contributed by atoms with van der Waals surface area (Å²) in [7, 11) is 0. The van der Waals surface area contributed by atoms with Crippen LogP contribution in [0.3, 0.4) is 0 Å². The van der Waals surface area contributed by atoms with Gasteiger partial charge in [-0.2, -0.15) is 13.2 Å². The smallest absolute Gasteiger partial charge is 0.424 e. The molecule has 1 aliphatic rings. The fourth-order valence-corrected chi connectivity index (χ4v) is 4.27. The molecule has 0 radical (unpaired) electrons. The third-order valence-electron chi connectivity index (χ3n) is 6.29. The summed E-state index contributed by atoms with van der Waals surface area (Å²) in [4.78, 5) is 16.8. The molecule has 0 spiro atoms. The summed E-state index contributed by atoms with van der Waals surface area (Å²) in [6.45, 7) is 1.61.